The van der Waals surface area contributed by atoms with Gasteiger partial charge in [0.1, 0.15) is 11.5 Å². The van der Waals surface area contributed by atoms with Gasteiger partial charge in [0.25, 0.3) is 5.91 Å². The lowest BCUT2D eigenvalue weighted by Crippen LogP contribution is -2.23. The molecular formula is C15H14FN5O. The molecule has 2 heterocycles. The van der Waals surface area contributed by atoms with Crippen LogP contribution >= 0.6 is 0 Å². The van der Waals surface area contributed by atoms with Crippen LogP contribution in [-0.2, 0) is 6.54 Å². The Morgan fingerprint density at radius 3 is 2.91 bits per heavy atom. The molecule has 0 aliphatic heterocycles. The molecule has 3 rings (SSSR count). The molecule has 0 atom stereocenters. The minimum absolute atomic E-state index is 0.228. The lowest BCUT2D eigenvalue weighted by molar-refractivity contribution is 0.0946. The van der Waals surface area contributed by atoms with Crippen molar-refractivity contribution in [3.8, 4) is 5.69 Å². The zero-order valence-corrected chi connectivity index (χ0v) is 11.9. The van der Waals surface area contributed by atoms with Crippen molar-refractivity contribution in [3.05, 3.63) is 65.8 Å². The van der Waals surface area contributed by atoms with Gasteiger partial charge >= 0.3 is 0 Å². The molecule has 0 radical (unpaired) electrons. The van der Waals surface area contributed by atoms with E-state index in [4.69, 9.17) is 0 Å². The van der Waals surface area contributed by atoms with Crippen LogP contribution in [0.5, 0.6) is 0 Å². The first kappa shape index (κ1) is 14.0. The quantitative estimate of drug-likeness (QED) is 0.773. The predicted molar refractivity (Wildman–Crippen MR) is 78.0 cm³/mol. The maximum Gasteiger partial charge on any atom is 0.272 e. The SMILES string of the molecule is Cc1cc(C(=O)NCc2ccc(-n3ccnc3)c(F)c2)n[nH]1. The molecular weight excluding hydrogens is 285 g/mol. The summed E-state index contributed by atoms with van der Waals surface area (Å²) in [5, 5.41) is 9.28. The Morgan fingerprint density at radius 2 is 2.27 bits per heavy atom. The third-order valence-electron chi connectivity index (χ3n) is 3.19. The van der Waals surface area contributed by atoms with Crippen molar-refractivity contribution in [1.82, 2.24) is 25.1 Å². The Balaban J connectivity index is 1.69. The van der Waals surface area contributed by atoms with Gasteiger partial charge in [-0.15, -0.1) is 0 Å². The highest BCUT2D eigenvalue weighted by Gasteiger charge is 2.10. The zero-order valence-electron chi connectivity index (χ0n) is 11.9. The van der Waals surface area contributed by atoms with Crippen LogP contribution in [0.2, 0.25) is 0 Å². The number of aromatic amines is 1. The summed E-state index contributed by atoms with van der Waals surface area (Å²) >= 11 is 0. The van der Waals surface area contributed by atoms with Crippen molar-refractivity contribution in [1.29, 1.82) is 0 Å². The van der Waals surface area contributed by atoms with E-state index in [-0.39, 0.29) is 18.3 Å². The number of rotatable bonds is 4. The summed E-state index contributed by atoms with van der Waals surface area (Å²) in [6.07, 6.45) is 4.78. The summed E-state index contributed by atoms with van der Waals surface area (Å²) in [6.45, 7) is 2.04. The van der Waals surface area contributed by atoms with Crippen LogP contribution in [0.3, 0.4) is 0 Å². The number of aromatic nitrogens is 4. The number of H-pyrrole nitrogens is 1. The number of nitrogens with zero attached hydrogens (tertiary/aromatic N) is 3. The predicted octanol–water partition coefficient (Wildman–Crippen LogP) is 1.97. The van der Waals surface area contributed by atoms with Crippen LogP contribution in [0.15, 0.2) is 43.0 Å². The smallest absolute Gasteiger partial charge is 0.272 e. The number of hydrogen-bond donors (Lipinski definition) is 2. The summed E-state index contributed by atoms with van der Waals surface area (Å²) < 4.78 is 15.7. The molecule has 0 aliphatic rings. The van der Waals surface area contributed by atoms with Gasteiger partial charge in [0.2, 0.25) is 0 Å². The molecule has 3 aromatic rings. The largest absolute Gasteiger partial charge is 0.347 e. The van der Waals surface area contributed by atoms with Crippen LogP contribution in [0.25, 0.3) is 5.69 Å². The van der Waals surface area contributed by atoms with E-state index in [0.717, 1.165) is 5.69 Å². The third kappa shape index (κ3) is 2.88. The zero-order chi connectivity index (χ0) is 15.5. The van der Waals surface area contributed by atoms with E-state index in [1.807, 2.05) is 6.92 Å². The van der Waals surface area contributed by atoms with E-state index in [9.17, 15) is 9.18 Å². The summed E-state index contributed by atoms with van der Waals surface area (Å²) in [7, 11) is 0. The van der Waals surface area contributed by atoms with Gasteiger partial charge < -0.3 is 9.88 Å². The van der Waals surface area contributed by atoms with Gasteiger partial charge in [-0.1, -0.05) is 6.07 Å². The number of carbonyl (C=O) groups is 1. The fourth-order valence-corrected chi connectivity index (χ4v) is 2.08. The monoisotopic (exact) mass is 299 g/mol. The first-order chi connectivity index (χ1) is 10.6. The Bertz CT molecular complexity index is 794. The highest BCUT2D eigenvalue weighted by molar-refractivity contribution is 5.92. The van der Waals surface area contributed by atoms with Crippen LogP contribution < -0.4 is 5.32 Å². The van der Waals surface area contributed by atoms with E-state index < -0.39 is 0 Å². The van der Waals surface area contributed by atoms with Gasteiger partial charge in [-0.2, -0.15) is 5.10 Å². The molecule has 6 nitrogen and oxygen atoms in total. The third-order valence-corrected chi connectivity index (χ3v) is 3.19. The highest BCUT2D eigenvalue weighted by Crippen LogP contribution is 2.15. The van der Waals surface area contributed by atoms with Crippen molar-refractivity contribution in [2.45, 2.75) is 13.5 Å². The first-order valence-electron chi connectivity index (χ1n) is 6.70. The number of halogens is 1. The number of imidazole rings is 1. The lowest BCUT2D eigenvalue weighted by atomic mass is 10.2. The molecule has 0 saturated carbocycles. The second-order valence-corrected chi connectivity index (χ2v) is 4.87. The van der Waals surface area contributed by atoms with E-state index >= 15 is 0 Å². The second-order valence-electron chi connectivity index (χ2n) is 4.87. The van der Waals surface area contributed by atoms with Crippen LogP contribution in [-0.4, -0.2) is 25.7 Å². The number of nitrogens with one attached hydrogen (secondary N) is 2. The van der Waals surface area contributed by atoms with E-state index in [1.54, 1.807) is 35.2 Å². The fourth-order valence-electron chi connectivity index (χ4n) is 2.08. The molecule has 0 spiro atoms. The van der Waals surface area contributed by atoms with Gasteiger partial charge in [-0.05, 0) is 30.7 Å². The van der Waals surface area contributed by atoms with Gasteiger partial charge in [-0.3, -0.25) is 9.89 Å². The molecule has 2 aromatic heterocycles. The fraction of sp³-hybridized carbons (Fsp3) is 0.133. The first-order valence-corrected chi connectivity index (χ1v) is 6.70. The summed E-state index contributed by atoms with van der Waals surface area (Å²) in [5.41, 5.74) is 2.20. The molecule has 22 heavy (non-hydrogen) atoms. The van der Waals surface area contributed by atoms with Gasteiger partial charge in [-0.25, -0.2) is 9.37 Å². The van der Waals surface area contributed by atoms with E-state index in [0.29, 0.717) is 16.9 Å². The minimum atomic E-state index is -0.375. The molecule has 7 heteroatoms. The molecule has 0 fully saturated rings. The molecule has 1 amide bonds. The Hall–Kier alpha value is -2.96. The summed E-state index contributed by atoms with van der Waals surface area (Å²) in [5.74, 6) is -0.677. The number of benzene rings is 1. The maximum atomic E-state index is 14.1. The average molecular weight is 299 g/mol. The molecule has 112 valence electrons. The standard InChI is InChI=1S/C15H14FN5O/c1-10-6-13(20-19-10)15(22)18-8-11-2-3-14(12(16)7-11)21-5-4-17-9-21/h2-7,9H,8H2,1H3,(H,18,22)(H,19,20). The molecule has 0 aliphatic carbocycles. The van der Waals surface area contributed by atoms with E-state index in [2.05, 4.69) is 20.5 Å². The number of carbonyl (C=O) groups excluding carboxylic acids is 1. The average Bonchev–Trinajstić information content (AvgIpc) is 3.16. The van der Waals surface area contributed by atoms with Crippen LogP contribution in [0.4, 0.5) is 4.39 Å². The summed E-state index contributed by atoms with van der Waals surface area (Å²) in [6, 6.07) is 6.45. The molecule has 0 unspecified atom stereocenters. The Labute approximate surface area is 126 Å². The van der Waals surface area contributed by atoms with Crippen LogP contribution in [0, 0.1) is 12.7 Å². The normalized spacial score (nSPS) is 10.6. The number of aryl methyl sites for hydroxylation is 1. The van der Waals surface area contributed by atoms with Gasteiger partial charge in [0, 0.05) is 24.6 Å². The maximum absolute atomic E-state index is 14.1. The van der Waals surface area contributed by atoms with Crippen molar-refractivity contribution in [2.24, 2.45) is 0 Å². The highest BCUT2D eigenvalue weighted by atomic mass is 19.1. The summed E-state index contributed by atoms with van der Waals surface area (Å²) in [4.78, 5) is 15.8. The Kier molecular flexibility index (Phi) is 3.69. The van der Waals surface area contributed by atoms with Crippen molar-refractivity contribution >= 4 is 5.91 Å². The van der Waals surface area contributed by atoms with Crippen molar-refractivity contribution < 1.29 is 9.18 Å². The Morgan fingerprint density at radius 1 is 1.41 bits per heavy atom. The van der Waals surface area contributed by atoms with Gasteiger partial charge in [0.05, 0.1) is 12.0 Å². The van der Waals surface area contributed by atoms with Gasteiger partial charge in [0.15, 0.2) is 0 Å². The van der Waals surface area contributed by atoms with Crippen LogP contribution in [0.1, 0.15) is 21.7 Å². The molecule has 2 N–H and O–H groups in total. The lowest BCUT2D eigenvalue weighted by Gasteiger charge is -2.07. The minimum Gasteiger partial charge on any atom is -0.347 e. The topological polar surface area (TPSA) is 75.6 Å². The molecule has 0 saturated heterocycles. The molecule has 0 bridgehead atoms. The number of hydrogen-bond acceptors (Lipinski definition) is 3. The van der Waals surface area contributed by atoms with Crippen molar-refractivity contribution in [2.75, 3.05) is 0 Å². The second kappa shape index (κ2) is 5.80. The number of amides is 1. The van der Waals surface area contributed by atoms with Crippen molar-refractivity contribution in [3.63, 3.8) is 0 Å². The molecule has 1 aromatic carbocycles. The van der Waals surface area contributed by atoms with E-state index in [1.165, 1.54) is 12.4 Å².